The maximum absolute atomic E-state index is 3.59. The van der Waals surface area contributed by atoms with Crippen LogP contribution in [0.4, 0.5) is 0 Å². The average molecular weight is 267 g/mol. The van der Waals surface area contributed by atoms with Gasteiger partial charge in [-0.15, -0.1) is 0 Å². The van der Waals surface area contributed by atoms with Crippen LogP contribution in [0, 0.1) is 6.92 Å². The van der Waals surface area contributed by atoms with Gasteiger partial charge in [-0.2, -0.15) is 0 Å². The first-order valence-corrected chi connectivity index (χ1v) is 7.63. The van der Waals surface area contributed by atoms with E-state index < -0.39 is 0 Å². The third kappa shape index (κ3) is 3.71. The molecule has 1 atom stereocenters. The predicted molar refractivity (Wildman–Crippen MR) is 87.1 cm³/mol. The maximum Gasteiger partial charge on any atom is 0.0576 e. The van der Waals surface area contributed by atoms with Gasteiger partial charge in [0.25, 0.3) is 0 Å². The summed E-state index contributed by atoms with van der Waals surface area (Å²) in [5.41, 5.74) is 5.41. The van der Waals surface area contributed by atoms with Gasteiger partial charge >= 0.3 is 0 Å². The zero-order valence-corrected chi connectivity index (χ0v) is 12.8. The van der Waals surface area contributed by atoms with Gasteiger partial charge in [0.15, 0.2) is 0 Å². The molecule has 0 spiro atoms. The molecule has 2 aromatic rings. The van der Waals surface area contributed by atoms with Crippen LogP contribution in [0.15, 0.2) is 48.5 Å². The molecular weight excluding hydrogens is 242 g/mol. The zero-order chi connectivity index (χ0) is 14.4. The number of hydrogen-bond donors (Lipinski definition) is 1. The van der Waals surface area contributed by atoms with Crippen molar-refractivity contribution in [1.82, 2.24) is 5.32 Å². The quantitative estimate of drug-likeness (QED) is 0.803. The van der Waals surface area contributed by atoms with Crippen molar-refractivity contribution in [2.45, 2.75) is 39.7 Å². The molecule has 0 heterocycles. The number of nitrogens with one attached hydrogen (secondary N) is 1. The van der Waals surface area contributed by atoms with Gasteiger partial charge in [-0.3, -0.25) is 0 Å². The lowest BCUT2D eigenvalue weighted by Gasteiger charge is -2.19. The molecule has 1 N–H and O–H groups in total. The molecule has 1 nitrogen and oxygen atoms in total. The molecule has 0 fully saturated rings. The van der Waals surface area contributed by atoms with Gasteiger partial charge in [0.2, 0.25) is 0 Å². The van der Waals surface area contributed by atoms with Crippen molar-refractivity contribution in [2.75, 3.05) is 6.54 Å². The molecule has 0 amide bonds. The minimum atomic E-state index is 0.288. The molecule has 0 aliphatic rings. The highest BCUT2D eigenvalue weighted by atomic mass is 14.9. The smallest absolute Gasteiger partial charge is 0.0576 e. The Hall–Kier alpha value is -1.60. The molecule has 1 unspecified atom stereocenters. The fourth-order valence-electron chi connectivity index (χ4n) is 2.56. The van der Waals surface area contributed by atoms with Crippen molar-refractivity contribution in [3.05, 3.63) is 70.8 Å². The van der Waals surface area contributed by atoms with Crippen LogP contribution in [-0.2, 0) is 6.42 Å². The van der Waals surface area contributed by atoms with Crippen LogP contribution in [-0.4, -0.2) is 6.54 Å². The summed E-state index contributed by atoms with van der Waals surface area (Å²) in [5, 5.41) is 3.59. The molecule has 1 heteroatoms. The van der Waals surface area contributed by atoms with Gasteiger partial charge in [0.1, 0.15) is 0 Å². The van der Waals surface area contributed by atoms with Gasteiger partial charge in [-0.05, 0) is 36.6 Å². The molecule has 0 radical (unpaired) electrons. The molecule has 20 heavy (non-hydrogen) atoms. The van der Waals surface area contributed by atoms with Crippen LogP contribution in [0.25, 0.3) is 0 Å². The summed E-state index contributed by atoms with van der Waals surface area (Å²) >= 11 is 0. The van der Waals surface area contributed by atoms with E-state index in [1.807, 2.05) is 0 Å². The van der Waals surface area contributed by atoms with Crippen molar-refractivity contribution in [1.29, 1.82) is 0 Å². The topological polar surface area (TPSA) is 12.0 Å². The fraction of sp³-hybridized carbons (Fsp3) is 0.368. The van der Waals surface area contributed by atoms with Crippen LogP contribution in [0.1, 0.15) is 48.6 Å². The first-order chi connectivity index (χ1) is 9.74. The van der Waals surface area contributed by atoms with E-state index >= 15 is 0 Å². The molecule has 106 valence electrons. The summed E-state index contributed by atoms with van der Waals surface area (Å²) in [7, 11) is 0. The number of benzene rings is 2. The maximum atomic E-state index is 3.59. The monoisotopic (exact) mass is 267 g/mol. The van der Waals surface area contributed by atoms with E-state index in [4.69, 9.17) is 0 Å². The molecule has 2 rings (SSSR count). The van der Waals surface area contributed by atoms with Gasteiger partial charge < -0.3 is 5.32 Å². The predicted octanol–water partition coefficient (Wildman–Crippen LogP) is 4.65. The second kappa shape index (κ2) is 7.25. The van der Waals surface area contributed by atoms with E-state index in [-0.39, 0.29) is 6.04 Å². The van der Waals surface area contributed by atoms with Gasteiger partial charge in [-0.1, -0.05) is 74.4 Å². The van der Waals surface area contributed by atoms with E-state index in [0.29, 0.717) is 0 Å². The Balaban J connectivity index is 2.25. The molecular formula is C19H25N. The van der Waals surface area contributed by atoms with Crippen LogP contribution in [0.5, 0.6) is 0 Å². The van der Waals surface area contributed by atoms with Crippen molar-refractivity contribution in [2.24, 2.45) is 0 Å². The Bertz CT molecular complexity index is 510. The summed E-state index contributed by atoms with van der Waals surface area (Å²) in [4.78, 5) is 0. The van der Waals surface area contributed by atoms with Crippen LogP contribution in [0.3, 0.4) is 0 Å². The van der Waals surface area contributed by atoms with E-state index in [0.717, 1.165) is 13.0 Å². The third-order valence-electron chi connectivity index (χ3n) is 3.67. The van der Waals surface area contributed by atoms with E-state index in [1.54, 1.807) is 0 Å². The van der Waals surface area contributed by atoms with Crippen LogP contribution < -0.4 is 5.32 Å². The Labute approximate surface area is 123 Å². The molecule has 0 aromatic heterocycles. The minimum absolute atomic E-state index is 0.288. The number of aryl methyl sites for hydroxylation is 2. The van der Waals surface area contributed by atoms with Crippen LogP contribution >= 0.6 is 0 Å². The normalized spacial score (nSPS) is 12.3. The minimum Gasteiger partial charge on any atom is -0.307 e. The summed E-state index contributed by atoms with van der Waals surface area (Å²) in [6.45, 7) is 7.48. The first-order valence-electron chi connectivity index (χ1n) is 7.63. The Morgan fingerprint density at radius 3 is 1.90 bits per heavy atom. The molecule has 0 saturated carbocycles. The Morgan fingerprint density at radius 2 is 1.40 bits per heavy atom. The van der Waals surface area contributed by atoms with Crippen molar-refractivity contribution < 1.29 is 0 Å². The lowest BCUT2D eigenvalue weighted by atomic mass is 9.96. The van der Waals surface area contributed by atoms with Crippen LogP contribution in [0.2, 0.25) is 0 Å². The van der Waals surface area contributed by atoms with E-state index in [1.165, 1.54) is 28.7 Å². The largest absolute Gasteiger partial charge is 0.307 e. The number of rotatable bonds is 6. The first kappa shape index (κ1) is 14.8. The van der Waals surface area contributed by atoms with Crippen molar-refractivity contribution in [3.63, 3.8) is 0 Å². The Kier molecular flexibility index (Phi) is 5.37. The van der Waals surface area contributed by atoms with E-state index in [9.17, 15) is 0 Å². The van der Waals surface area contributed by atoms with Crippen molar-refractivity contribution >= 4 is 0 Å². The average Bonchev–Trinajstić information content (AvgIpc) is 2.47. The molecule has 0 aliphatic heterocycles. The van der Waals surface area contributed by atoms with E-state index in [2.05, 4.69) is 74.6 Å². The molecule has 2 aromatic carbocycles. The third-order valence-corrected chi connectivity index (χ3v) is 3.67. The highest BCUT2D eigenvalue weighted by Crippen LogP contribution is 2.23. The summed E-state index contributed by atoms with van der Waals surface area (Å²) < 4.78 is 0. The second-order valence-electron chi connectivity index (χ2n) is 5.39. The van der Waals surface area contributed by atoms with Crippen molar-refractivity contribution in [3.8, 4) is 0 Å². The highest BCUT2D eigenvalue weighted by Gasteiger charge is 2.12. The highest BCUT2D eigenvalue weighted by molar-refractivity contribution is 5.34. The number of hydrogen-bond acceptors (Lipinski definition) is 1. The molecule has 0 aliphatic carbocycles. The van der Waals surface area contributed by atoms with Gasteiger partial charge in [-0.25, -0.2) is 0 Å². The van der Waals surface area contributed by atoms with Gasteiger partial charge in [0.05, 0.1) is 6.04 Å². The molecule has 0 bridgehead atoms. The molecule has 0 saturated heterocycles. The second-order valence-corrected chi connectivity index (χ2v) is 5.39. The standard InChI is InChI=1S/C19H25N/c1-4-6-16-9-13-18(14-10-16)19(20-5-2)17-11-7-15(3)8-12-17/h7-14,19-20H,4-6H2,1-3H3. The zero-order valence-electron chi connectivity index (χ0n) is 12.8. The van der Waals surface area contributed by atoms with Gasteiger partial charge in [0, 0.05) is 0 Å². The lowest BCUT2D eigenvalue weighted by Crippen LogP contribution is -2.21. The summed E-state index contributed by atoms with van der Waals surface area (Å²) in [6, 6.07) is 18.2. The SMILES string of the molecule is CCCc1ccc(C(NCC)c2ccc(C)cc2)cc1. The summed E-state index contributed by atoms with van der Waals surface area (Å²) in [5.74, 6) is 0. The Morgan fingerprint density at radius 1 is 0.850 bits per heavy atom. The lowest BCUT2D eigenvalue weighted by molar-refractivity contribution is 0.630. The summed E-state index contributed by atoms with van der Waals surface area (Å²) in [6.07, 6.45) is 2.37. The fourth-order valence-corrected chi connectivity index (χ4v) is 2.56.